The minimum Gasteiger partial charge on any atom is -0.508 e. The second-order valence-electron chi connectivity index (χ2n) is 29.9. The molecule has 1 amide bonds. The van der Waals surface area contributed by atoms with Crippen LogP contribution in [0.1, 0.15) is 131 Å². The van der Waals surface area contributed by atoms with Crippen LogP contribution < -0.4 is 14.8 Å². The van der Waals surface area contributed by atoms with E-state index in [2.05, 4.69) is 76.9 Å². The Kier molecular flexibility index (Phi) is 36.1. The summed E-state index contributed by atoms with van der Waals surface area (Å²) < 4.78 is 97.8. The summed E-state index contributed by atoms with van der Waals surface area (Å²) in [6.45, 7) is 19.6. The number of rotatable bonds is 29. The molecule has 0 unspecified atom stereocenters. The van der Waals surface area contributed by atoms with Gasteiger partial charge in [0.25, 0.3) is 5.91 Å². The number of hydrogen-bond acceptors (Lipinski definition) is 11. The number of nitrogens with one attached hydrogen (secondary N) is 1. The van der Waals surface area contributed by atoms with Crippen LogP contribution in [0.25, 0.3) is 45.6 Å². The van der Waals surface area contributed by atoms with Gasteiger partial charge in [-0.15, -0.1) is 6.42 Å². The van der Waals surface area contributed by atoms with Crippen LogP contribution in [0.15, 0.2) is 267 Å². The summed E-state index contributed by atoms with van der Waals surface area (Å²) in [4.78, 5) is 61.3. The highest BCUT2D eigenvalue weighted by atomic mass is 19.1. The number of aryl methyl sites for hydroxylation is 5. The molecule has 0 aliphatic heterocycles. The van der Waals surface area contributed by atoms with Crippen molar-refractivity contribution < 1.29 is 70.3 Å². The molecule has 0 fully saturated rings. The quantitative estimate of drug-likeness (QED) is 0.0194. The number of phenolic OH excluding ortho intramolecular Hbond substituents is 1. The minimum absolute atomic E-state index is 0.0985. The largest absolute Gasteiger partial charge is 0.508 e. The monoisotopic (exact) mass is 1700 g/mol. The number of carbonyl (C=O) groups excluding carboxylic acids is 2. The Bertz CT molecular complexity index is 5550. The fraction of sp³-hybridized carbons (Fsp3) is 0.228. The number of carbonyl (C=O) groups is 4. The molecule has 0 aliphatic rings. The highest BCUT2D eigenvalue weighted by molar-refractivity contribution is 5.94. The number of para-hydroxylation sites is 3. The lowest BCUT2D eigenvalue weighted by molar-refractivity contribution is -0.138. The van der Waals surface area contributed by atoms with Crippen molar-refractivity contribution in [3.8, 4) is 75.1 Å². The van der Waals surface area contributed by atoms with Crippen molar-refractivity contribution in [1.82, 2.24) is 43.5 Å². The molecule has 4 aromatic heterocycles. The normalized spacial score (nSPS) is 11.0. The van der Waals surface area contributed by atoms with Gasteiger partial charge >= 0.3 is 11.9 Å². The van der Waals surface area contributed by atoms with Crippen LogP contribution in [0.3, 0.4) is 0 Å². The van der Waals surface area contributed by atoms with Gasteiger partial charge in [-0.3, -0.25) is 9.59 Å². The van der Waals surface area contributed by atoms with Gasteiger partial charge in [0.15, 0.2) is 0 Å². The third-order valence-corrected chi connectivity index (χ3v) is 20.0. The molecule has 0 saturated carbocycles. The Morgan fingerprint density at radius 1 is 0.408 bits per heavy atom. The number of halogens is 6. The lowest BCUT2D eigenvalue weighted by Crippen LogP contribution is -2.23. The fourth-order valence-corrected chi connectivity index (χ4v) is 13.3. The first kappa shape index (κ1) is 94.5. The molecule has 4 heterocycles. The van der Waals surface area contributed by atoms with Crippen molar-refractivity contribution >= 4 is 23.6 Å². The molecule has 14 aromatic rings. The van der Waals surface area contributed by atoms with E-state index in [-0.39, 0.29) is 71.0 Å². The van der Waals surface area contributed by atoms with Gasteiger partial charge < -0.3 is 53.2 Å². The van der Waals surface area contributed by atoms with E-state index in [9.17, 15) is 50.6 Å². The van der Waals surface area contributed by atoms with E-state index in [1.165, 1.54) is 96.1 Å². The number of phenols is 1. The maximum absolute atomic E-state index is 13.3. The number of terminal acetylenes is 1. The van der Waals surface area contributed by atoms with Crippen molar-refractivity contribution in [1.29, 1.82) is 0 Å². The number of ether oxygens (including phenoxy) is 2. The zero-order valence-electron chi connectivity index (χ0n) is 71.0. The smallest absolute Gasteiger partial charge is 0.335 e. The van der Waals surface area contributed by atoms with Gasteiger partial charge in [-0.05, 0) is 254 Å². The molecule has 0 bridgehead atoms. The number of nitrogens with zero attached hydrogens (tertiary/aromatic N) is 8. The summed E-state index contributed by atoms with van der Waals surface area (Å²) in [5.41, 5.74) is 13.6. The lowest BCUT2D eigenvalue weighted by atomic mass is 10.00. The Balaban J connectivity index is 0.000000175. The van der Waals surface area contributed by atoms with Gasteiger partial charge in [0, 0.05) is 111 Å². The zero-order valence-corrected chi connectivity index (χ0v) is 71.0. The second kappa shape index (κ2) is 47.8. The van der Waals surface area contributed by atoms with E-state index in [1.54, 1.807) is 73.8 Å². The van der Waals surface area contributed by atoms with Crippen molar-refractivity contribution in [3.05, 3.63) is 364 Å². The maximum atomic E-state index is 13.3. The van der Waals surface area contributed by atoms with E-state index in [4.69, 9.17) is 26.1 Å². The summed E-state index contributed by atoms with van der Waals surface area (Å²) in [5.74, 6) is 4.25. The molecule has 4 N–H and O–H groups in total. The summed E-state index contributed by atoms with van der Waals surface area (Å²) in [6, 6.07) is 66.8. The van der Waals surface area contributed by atoms with Crippen LogP contribution in [0, 0.1) is 93.7 Å². The third kappa shape index (κ3) is 29.5. The average molecular weight is 1700 g/mol. The predicted octanol–water partition coefficient (Wildman–Crippen LogP) is 22.0. The molecule has 0 aliphatic carbocycles. The van der Waals surface area contributed by atoms with E-state index in [0.717, 1.165) is 141 Å². The number of carboxylic acids is 2. The molecule has 14 rings (SSSR count). The van der Waals surface area contributed by atoms with Crippen molar-refractivity contribution in [2.75, 3.05) is 19.8 Å². The van der Waals surface area contributed by atoms with Gasteiger partial charge in [-0.1, -0.05) is 98.6 Å². The first-order chi connectivity index (χ1) is 60.1. The van der Waals surface area contributed by atoms with Crippen molar-refractivity contribution in [2.24, 2.45) is 11.8 Å². The number of aromatic hydroxyl groups is 1. The summed E-state index contributed by atoms with van der Waals surface area (Å²) in [7, 11) is 0. The SMILES string of the molecule is C#CCNC(=O)c1ccc(F)cc1.CC(=O)C[C@H](C)CCCOc1ccccc1Cn1c(C)cnc1-c1ccc(F)cc1.Cc1ccccc1Cn1c(C)cnc1-c1ccc(F)cc1.Cc1cnc(-c2ccc(F)cc2)n1Cc1ccccc1O.Cc1cnc(-c2ccc(F)cc2)n1Cc1ccccc1OCCC[C@@H](C)CC(=O)O.O=C(O)c1ccc(F)cc1. The molecule has 18 nitrogen and oxygen atoms in total. The van der Waals surface area contributed by atoms with Gasteiger partial charge in [0.1, 0.15) is 81.2 Å². The molecule has 10 aromatic carbocycles. The highest BCUT2D eigenvalue weighted by Gasteiger charge is 2.19. The third-order valence-electron chi connectivity index (χ3n) is 20.0. The molecular formula is C101H101F6N9O9. The van der Waals surface area contributed by atoms with Crippen molar-refractivity contribution in [2.45, 2.75) is 120 Å². The predicted molar refractivity (Wildman–Crippen MR) is 474 cm³/mol. The first-order valence-electron chi connectivity index (χ1n) is 40.6. The van der Waals surface area contributed by atoms with E-state index < -0.39 is 17.8 Å². The Morgan fingerprint density at radius 3 is 1.05 bits per heavy atom. The molecular weight excluding hydrogens is 1600 g/mol. The number of carboxylic acid groups (broad SMARTS) is 2. The molecule has 24 heteroatoms. The highest BCUT2D eigenvalue weighted by Crippen LogP contribution is 2.31. The number of aromatic carboxylic acids is 1. The molecule has 0 saturated heterocycles. The Labute approximate surface area is 724 Å². The summed E-state index contributed by atoms with van der Waals surface area (Å²) in [5, 5.41) is 29.6. The maximum Gasteiger partial charge on any atom is 0.335 e. The van der Waals surface area contributed by atoms with Crippen LogP contribution >= 0.6 is 0 Å². The number of hydrogen-bond donors (Lipinski definition) is 4. The molecule has 0 radical (unpaired) electrons. The number of Topliss-reactive ketones (excluding diaryl/α,β-unsaturated/α-hetero) is 1. The summed E-state index contributed by atoms with van der Waals surface area (Å²) >= 11 is 0. The van der Waals surface area contributed by atoms with Gasteiger partial charge in [-0.25, -0.2) is 51.1 Å². The number of ketones is 1. The molecule has 125 heavy (non-hydrogen) atoms. The van der Waals surface area contributed by atoms with E-state index in [1.807, 2.05) is 125 Å². The van der Waals surface area contributed by atoms with Crippen LogP contribution in [-0.2, 0) is 35.8 Å². The van der Waals surface area contributed by atoms with Crippen LogP contribution in [0.2, 0.25) is 0 Å². The molecule has 646 valence electrons. The van der Waals surface area contributed by atoms with Crippen LogP contribution in [-0.4, -0.2) is 96.9 Å². The number of imidazole rings is 4. The number of amides is 1. The topological polar surface area (TPSA) is 231 Å². The Morgan fingerprint density at radius 2 is 0.712 bits per heavy atom. The number of benzene rings is 10. The first-order valence-corrected chi connectivity index (χ1v) is 40.6. The summed E-state index contributed by atoms with van der Waals surface area (Å²) in [6.07, 6.45) is 16.5. The fourth-order valence-electron chi connectivity index (χ4n) is 13.3. The molecule has 2 atom stereocenters. The van der Waals surface area contributed by atoms with Gasteiger partial charge in [0.2, 0.25) is 0 Å². The van der Waals surface area contributed by atoms with E-state index in [0.29, 0.717) is 50.8 Å². The van der Waals surface area contributed by atoms with Gasteiger partial charge in [0.05, 0.1) is 45.0 Å². The zero-order chi connectivity index (χ0) is 89.9. The standard InChI is InChI=1S/C25H29FN2O2.C24H27FN2O3.C18H17FN2.C17H15FN2O.C10H8FNO.C7H5FO2/c1-18(15-20(3)29)7-6-14-30-24-9-5-4-8-22(24)17-28-19(2)16-27-25(28)21-10-12-23(26)13-11-21;1-17(14-23(28)29)6-5-13-30-22-8-4-3-7-20(22)16-27-18(2)15-26-24(27)19-9-11-21(25)12-10-19;1-13-5-3-4-6-16(13)12-21-14(2)11-20-18(21)15-7-9-17(19)10-8-15;1-12-10-19-17(13-6-8-15(18)9-7-13)20(12)11-14-4-2-3-5-16(14)21;1-2-7-12-10(13)8-3-5-9(11)6-4-8;8-6-3-1-5(2-4-6)7(9)10/h4-5,8-13,16,18H,6-7,14-15,17H2,1-3H3;3-4,7-12,15,17H,5-6,13-14,16H2,1-2H3,(H,28,29);3-11H,12H2,1-2H3;2-10,21H,11H2,1H3;1,3-6H,7H2,(H,12,13);1-4H,(H,9,10)/t18-;17-;;;;/m11..../s1. The van der Waals surface area contributed by atoms with Crippen LogP contribution in [0.4, 0.5) is 26.3 Å². The Hall–Kier alpha value is -14.3. The van der Waals surface area contributed by atoms with Crippen LogP contribution in [0.5, 0.6) is 17.2 Å². The molecule has 0 spiro atoms. The van der Waals surface area contributed by atoms with Gasteiger partial charge in [-0.2, -0.15) is 0 Å². The number of aromatic nitrogens is 8. The number of aliphatic carboxylic acids is 1. The minimum atomic E-state index is -1.04. The van der Waals surface area contributed by atoms with E-state index >= 15 is 0 Å². The van der Waals surface area contributed by atoms with Crippen molar-refractivity contribution in [3.63, 3.8) is 0 Å². The second-order valence-corrected chi connectivity index (χ2v) is 29.9. The average Bonchev–Trinajstić information content (AvgIpc) is 1.71. The lowest BCUT2D eigenvalue weighted by Gasteiger charge is -2.15.